The van der Waals surface area contributed by atoms with E-state index in [0.29, 0.717) is 24.6 Å². The molecule has 0 spiro atoms. The molecular formula is C26H21FN4O3. The van der Waals surface area contributed by atoms with Gasteiger partial charge >= 0.3 is 5.69 Å². The second-order valence-electron chi connectivity index (χ2n) is 7.75. The van der Waals surface area contributed by atoms with Crippen molar-refractivity contribution in [3.63, 3.8) is 0 Å². The Hall–Kier alpha value is -4.46. The van der Waals surface area contributed by atoms with Gasteiger partial charge in [0.05, 0.1) is 25.1 Å². The van der Waals surface area contributed by atoms with Crippen molar-refractivity contribution >= 4 is 11.2 Å². The Labute approximate surface area is 193 Å². The van der Waals surface area contributed by atoms with Crippen molar-refractivity contribution in [2.75, 3.05) is 6.61 Å². The maximum atomic E-state index is 14.0. The highest BCUT2D eigenvalue weighted by atomic mass is 19.1. The second-order valence-corrected chi connectivity index (χ2v) is 7.75. The van der Waals surface area contributed by atoms with Crippen LogP contribution in [0, 0.1) is 5.82 Å². The molecule has 170 valence electrons. The van der Waals surface area contributed by atoms with Crippen LogP contribution in [0.5, 0.6) is 5.75 Å². The normalized spacial score (nSPS) is 11.1. The minimum absolute atomic E-state index is 0.0788. The van der Waals surface area contributed by atoms with Crippen LogP contribution in [-0.4, -0.2) is 25.3 Å². The molecule has 0 unspecified atom stereocenters. The Morgan fingerprint density at radius 2 is 1.62 bits per heavy atom. The molecule has 0 saturated heterocycles. The van der Waals surface area contributed by atoms with Crippen LogP contribution < -0.4 is 16.0 Å². The Morgan fingerprint density at radius 3 is 2.35 bits per heavy atom. The molecule has 0 saturated carbocycles. The minimum atomic E-state index is -0.585. The first-order valence-corrected chi connectivity index (χ1v) is 10.8. The van der Waals surface area contributed by atoms with Crippen molar-refractivity contribution in [3.8, 4) is 11.4 Å². The lowest BCUT2D eigenvalue weighted by Gasteiger charge is -2.13. The first-order chi connectivity index (χ1) is 16.6. The van der Waals surface area contributed by atoms with Crippen molar-refractivity contribution in [1.82, 2.24) is 18.7 Å². The number of imidazole rings is 1. The predicted molar refractivity (Wildman–Crippen MR) is 127 cm³/mol. The average Bonchev–Trinajstić information content (AvgIpc) is 3.27. The van der Waals surface area contributed by atoms with Crippen LogP contribution in [0.25, 0.3) is 16.9 Å². The molecule has 2 heterocycles. The first-order valence-electron chi connectivity index (χ1n) is 10.8. The van der Waals surface area contributed by atoms with E-state index >= 15 is 0 Å². The summed E-state index contributed by atoms with van der Waals surface area (Å²) in [5, 5.41) is 0. The molecule has 0 aliphatic heterocycles. The first kappa shape index (κ1) is 21.4. The molecular weight excluding hydrogens is 435 g/mol. The maximum absolute atomic E-state index is 14.0. The number of hydrogen-bond acceptors (Lipinski definition) is 4. The molecule has 0 radical (unpaired) electrons. The van der Waals surface area contributed by atoms with E-state index in [4.69, 9.17) is 4.74 Å². The van der Waals surface area contributed by atoms with Crippen LogP contribution in [0.2, 0.25) is 0 Å². The largest absolute Gasteiger partial charge is 0.492 e. The van der Waals surface area contributed by atoms with Gasteiger partial charge < -0.3 is 9.30 Å². The summed E-state index contributed by atoms with van der Waals surface area (Å²) in [7, 11) is 0. The smallest absolute Gasteiger partial charge is 0.337 e. The molecule has 0 bridgehead atoms. The maximum Gasteiger partial charge on any atom is 0.337 e. The number of hydrogen-bond donors (Lipinski definition) is 0. The highest BCUT2D eigenvalue weighted by molar-refractivity contribution is 5.72. The number of halogens is 1. The fourth-order valence-corrected chi connectivity index (χ4v) is 3.88. The highest BCUT2D eigenvalue weighted by Crippen LogP contribution is 2.15. The van der Waals surface area contributed by atoms with Crippen LogP contribution in [0.3, 0.4) is 0 Å². The van der Waals surface area contributed by atoms with Crippen LogP contribution in [0.4, 0.5) is 4.39 Å². The summed E-state index contributed by atoms with van der Waals surface area (Å²) < 4.78 is 23.9. The van der Waals surface area contributed by atoms with Crippen LogP contribution in [0.1, 0.15) is 5.56 Å². The number of benzene rings is 3. The van der Waals surface area contributed by atoms with Crippen molar-refractivity contribution in [3.05, 3.63) is 123 Å². The summed E-state index contributed by atoms with van der Waals surface area (Å²) >= 11 is 0. The summed E-state index contributed by atoms with van der Waals surface area (Å²) in [5.41, 5.74) is 0.459. The molecule has 0 aliphatic carbocycles. The molecule has 2 aromatic heterocycles. The minimum Gasteiger partial charge on any atom is -0.492 e. The monoisotopic (exact) mass is 456 g/mol. The number of rotatable bonds is 7. The second kappa shape index (κ2) is 9.19. The third-order valence-corrected chi connectivity index (χ3v) is 5.49. The molecule has 0 fully saturated rings. The van der Waals surface area contributed by atoms with Gasteiger partial charge in [0.15, 0.2) is 11.2 Å². The lowest BCUT2D eigenvalue weighted by atomic mass is 10.2. The summed E-state index contributed by atoms with van der Waals surface area (Å²) in [5.74, 6) is 0.221. The number of para-hydroxylation sites is 1. The standard InChI is InChI=1S/C26H21FN4O3/c27-20-10-7-11-21(16-20)31-24-23(25(32)30(26(31)33)17-19-8-3-1-4-9-19)29(18-28-24)14-15-34-22-12-5-2-6-13-22/h1-13,16,18H,14-15,17H2. The van der Waals surface area contributed by atoms with E-state index in [0.717, 1.165) is 10.1 Å². The molecule has 0 atom stereocenters. The molecule has 0 amide bonds. The van der Waals surface area contributed by atoms with E-state index in [2.05, 4.69) is 4.98 Å². The van der Waals surface area contributed by atoms with Crippen molar-refractivity contribution in [1.29, 1.82) is 0 Å². The summed E-state index contributed by atoms with van der Waals surface area (Å²) in [6.07, 6.45) is 1.50. The van der Waals surface area contributed by atoms with Gasteiger partial charge in [-0.1, -0.05) is 54.6 Å². The third-order valence-electron chi connectivity index (χ3n) is 5.49. The molecule has 5 rings (SSSR count). The summed E-state index contributed by atoms with van der Waals surface area (Å²) in [6, 6.07) is 24.2. The number of aromatic nitrogens is 4. The van der Waals surface area contributed by atoms with E-state index in [9.17, 15) is 14.0 Å². The predicted octanol–water partition coefficient (Wildman–Crippen LogP) is 3.62. The van der Waals surface area contributed by atoms with E-state index in [-0.39, 0.29) is 17.7 Å². The molecule has 8 heteroatoms. The number of nitrogens with zero attached hydrogens (tertiary/aromatic N) is 4. The van der Waals surface area contributed by atoms with Gasteiger partial charge in [0.1, 0.15) is 18.2 Å². The summed E-state index contributed by atoms with van der Waals surface area (Å²) in [4.78, 5) is 31.3. The molecule has 7 nitrogen and oxygen atoms in total. The van der Waals surface area contributed by atoms with Gasteiger partial charge in [-0.05, 0) is 35.9 Å². The van der Waals surface area contributed by atoms with Gasteiger partial charge in [-0.25, -0.2) is 18.7 Å². The van der Waals surface area contributed by atoms with Gasteiger partial charge in [0, 0.05) is 0 Å². The Balaban J connectivity index is 1.62. The van der Waals surface area contributed by atoms with E-state index in [1.54, 1.807) is 10.6 Å². The van der Waals surface area contributed by atoms with E-state index in [1.165, 1.54) is 29.1 Å². The lowest BCUT2D eigenvalue weighted by Crippen LogP contribution is -2.40. The SMILES string of the molecule is O=c1c2c(ncn2CCOc2ccccc2)n(-c2cccc(F)c2)c(=O)n1Cc1ccccc1. The van der Waals surface area contributed by atoms with Gasteiger partial charge in [-0.15, -0.1) is 0 Å². The van der Waals surface area contributed by atoms with Gasteiger partial charge in [-0.2, -0.15) is 0 Å². The zero-order valence-electron chi connectivity index (χ0n) is 18.2. The molecule has 0 aliphatic rings. The zero-order chi connectivity index (χ0) is 23.5. The number of ether oxygens (including phenoxy) is 1. The van der Waals surface area contributed by atoms with Crippen LogP contribution in [-0.2, 0) is 13.1 Å². The fraction of sp³-hybridized carbons (Fsp3) is 0.115. The summed E-state index contributed by atoms with van der Waals surface area (Å²) in [6.45, 7) is 0.718. The van der Waals surface area contributed by atoms with Crippen molar-refractivity contribution < 1.29 is 9.13 Å². The van der Waals surface area contributed by atoms with E-state index in [1.807, 2.05) is 60.7 Å². The average molecular weight is 456 g/mol. The van der Waals surface area contributed by atoms with E-state index < -0.39 is 17.1 Å². The lowest BCUT2D eigenvalue weighted by molar-refractivity contribution is 0.300. The third kappa shape index (κ3) is 4.13. The quantitative estimate of drug-likeness (QED) is 0.375. The molecule has 34 heavy (non-hydrogen) atoms. The molecule has 5 aromatic rings. The van der Waals surface area contributed by atoms with Gasteiger partial charge in [-0.3, -0.25) is 9.36 Å². The Morgan fingerprint density at radius 1 is 0.882 bits per heavy atom. The number of fused-ring (bicyclic) bond motifs is 1. The fourth-order valence-electron chi connectivity index (χ4n) is 3.88. The topological polar surface area (TPSA) is 71.1 Å². The van der Waals surface area contributed by atoms with Crippen LogP contribution >= 0.6 is 0 Å². The Kier molecular flexibility index (Phi) is 5.78. The molecule has 3 aromatic carbocycles. The van der Waals surface area contributed by atoms with Crippen LogP contribution in [0.15, 0.2) is 101 Å². The van der Waals surface area contributed by atoms with Crippen molar-refractivity contribution in [2.45, 2.75) is 13.1 Å². The molecule has 0 N–H and O–H groups in total. The van der Waals surface area contributed by atoms with Gasteiger partial charge in [0.25, 0.3) is 5.56 Å². The zero-order valence-corrected chi connectivity index (χ0v) is 18.2. The van der Waals surface area contributed by atoms with Gasteiger partial charge in [0.2, 0.25) is 0 Å². The Bertz CT molecular complexity index is 1560. The van der Waals surface area contributed by atoms with Crippen molar-refractivity contribution in [2.24, 2.45) is 0 Å². The highest BCUT2D eigenvalue weighted by Gasteiger charge is 2.19.